The van der Waals surface area contributed by atoms with Crippen LogP contribution in [-0.2, 0) is 0 Å². The molecule has 0 radical (unpaired) electrons. The lowest BCUT2D eigenvalue weighted by Gasteiger charge is -2.10. The number of terminal acetylenes is 1. The third-order valence-corrected chi connectivity index (χ3v) is 2.15. The standard InChI is InChI=1S/C11H13N3O3/c1-3-5-7(4-2)14-10(15)8-9(11(16)17)13-6-12-8/h2,6-7H,3,5H2,1H3,(H,12,13)(H,14,15)(H,16,17). The summed E-state index contributed by atoms with van der Waals surface area (Å²) in [7, 11) is 0. The molecule has 0 fully saturated rings. The summed E-state index contributed by atoms with van der Waals surface area (Å²) in [5.41, 5.74) is -0.399. The van der Waals surface area contributed by atoms with Crippen molar-refractivity contribution >= 4 is 11.9 Å². The van der Waals surface area contributed by atoms with Crippen molar-refractivity contribution in [3.8, 4) is 12.3 Å². The maximum absolute atomic E-state index is 11.7. The third kappa shape index (κ3) is 3.08. The molecule has 17 heavy (non-hydrogen) atoms. The number of carbonyl (C=O) groups is 2. The van der Waals surface area contributed by atoms with Gasteiger partial charge in [0.1, 0.15) is 0 Å². The molecule has 1 atom stereocenters. The molecule has 1 heterocycles. The van der Waals surface area contributed by atoms with Crippen LogP contribution in [0.1, 0.15) is 40.7 Å². The summed E-state index contributed by atoms with van der Waals surface area (Å²) in [5.74, 6) is 0.608. The molecule has 0 aliphatic rings. The number of nitrogens with one attached hydrogen (secondary N) is 2. The van der Waals surface area contributed by atoms with Gasteiger partial charge in [-0.2, -0.15) is 0 Å². The van der Waals surface area contributed by atoms with E-state index in [-0.39, 0.29) is 11.4 Å². The third-order valence-electron chi connectivity index (χ3n) is 2.15. The molecule has 90 valence electrons. The quantitative estimate of drug-likeness (QED) is 0.652. The highest BCUT2D eigenvalue weighted by Gasteiger charge is 2.21. The first-order chi connectivity index (χ1) is 8.10. The van der Waals surface area contributed by atoms with Gasteiger partial charge in [-0.25, -0.2) is 9.78 Å². The van der Waals surface area contributed by atoms with Gasteiger partial charge < -0.3 is 15.4 Å². The van der Waals surface area contributed by atoms with Gasteiger partial charge in [0, 0.05) is 0 Å². The minimum absolute atomic E-state index is 0.158. The number of amides is 1. The Kier molecular flexibility index (Phi) is 4.29. The maximum atomic E-state index is 11.7. The van der Waals surface area contributed by atoms with Gasteiger partial charge in [0.05, 0.1) is 12.4 Å². The number of aromatic carboxylic acids is 1. The Hall–Kier alpha value is -2.29. The average Bonchev–Trinajstić information content (AvgIpc) is 2.77. The van der Waals surface area contributed by atoms with E-state index in [9.17, 15) is 9.59 Å². The summed E-state index contributed by atoms with van der Waals surface area (Å²) in [4.78, 5) is 28.6. The van der Waals surface area contributed by atoms with Crippen LogP contribution in [-0.4, -0.2) is 33.0 Å². The van der Waals surface area contributed by atoms with Crippen molar-refractivity contribution in [2.24, 2.45) is 0 Å². The molecule has 0 bridgehead atoms. The maximum Gasteiger partial charge on any atom is 0.354 e. The smallest absolute Gasteiger partial charge is 0.354 e. The normalized spacial score (nSPS) is 11.5. The first-order valence-electron chi connectivity index (χ1n) is 5.13. The minimum Gasteiger partial charge on any atom is -0.477 e. The van der Waals surface area contributed by atoms with Crippen molar-refractivity contribution in [2.75, 3.05) is 0 Å². The van der Waals surface area contributed by atoms with Crippen molar-refractivity contribution in [1.29, 1.82) is 0 Å². The Morgan fingerprint density at radius 1 is 1.71 bits per heavy atom. The molecule has 1 aromatic heterocycles. The second kappa shape index (κ2) is 5.70. The topological polar surface area (TPSA) is 95.1 Å². The summed E-state index contributed by atoms with van der Waals surface area (Å²) in [6, 6.07) is -0.411. The van der Waals surface area contributed by atoms with Gasteiger partial charge in [-0.1, -0.05) is 19.3 Å². The van der Waals surface area contributed by atoms with Crippen LogP contribution in [0.25, 0.3) is 0 Å². The number of aromatic nitrogens is 2. The van der Waals surface area contributed by atoms with E-state index < -0.39 is 17.9 Å². The SMILES string of the molecule is C#CC(CCC)NC(=O)c1nc[nH]c1C(=O)O. The zero-order valence-electron chi connectivity index (χ0n) is 9.36. The molecule has 6 nitrogen and oxygen atoms in total. The zero-order chi connectivity index (χ0) is 12.8. The van der Waals surface area contributed by atoms with E-state index in [4.69, 9.17) is 11.5 Å². The minimum atomic E-state index is -1.24. The van der Waals surface area contributed by atoms with Crippen LogP contribution in [0.3, 0.4) is 0 Å². The molecular weight excluding hydrogens is 222 g/mol. The number of carboxylic acid groups (broad SMARTS) is 1. The van der Waals surface area contributed by atoms with Crippen molar-refractivity contribution in [2.45, 2.75) is 25.8 Å². The predicted molar refractivity (Wildman–Crippen MR) is 60.5 cm³/mol. The zero-order valence-corrected chi connectivity index (χ0v) is 9.36. The van der Waals surface area contributed by atoms with Crippen molar-refractivity contribution in [3.63, 3.8) is 0 Å². The van der Waals surface area contributed by atoms with Crippen molar-refractivity contribution < 1.29 is 14.7 Å². The number of aromatic amines is 1. The summed E-state index contributed by atoms with van der Waals surface area (Å²) >= 11 is 0. The van der Waals surface area contributed by atoms with Crippen LogP contribution in [0, 0.1) is 12.3 Å². The Bertz CT molecular complexity index is 459. The van der Waals surface area contributed by atoms with E-state index in [1.54, 1.807) is 0 Å². The van der Waals surface area contributed by atoms with Gasteiger partial charge in [0.25, 0.3) is 5.91 Å². The van der Waals surface area contributed by atoms with Crippen LogP contribution in [0.5, 0.6) is 0 Å². The largest absolute Gasteiger partial charge is 0.477 e. The lowest BCUT2D eigenvalue weighted by molar-refractivity contribution is 0.0684. The number of nitrogens with zero attached hydrogens (tertiary/aromatic N) is 1. The van der Waals surface area contributed by atoms with E-state index >= 15 is 0 Å². The molecule has 0 spiro atoms. The molecule has 1 unspecified atom stereocenters. The van der Waals surface area contributed by atoms with E-state index in [1.165, 1.54) is 0 Å². The summed E-state index contributed by atoms with van der Waals surface area (Å²) in [5, 5.41) is 11.4. The molecule has 6 heteroatoms. The second-order valence-corrected chi connectivity index (χ2v) is 3.41. The molecule has 0 aliphatic heterocycles. The fraction of sp³-hybridized carbons (Fsp3) is 0.364. The fourth-order valence-corrected chi connectivity index (χ4v) is 1.34. The lowest BCUT2D eigenvalue weighted by atomic mass is 10.1. The monoisotopic (exact) mass is 235 g/mol. The van der Waals surface area contributed by atoms with E-state index in [2.05, 4.69) is 21.2 Å². The Morgan fingerprint density at radius 2 is 2.41 bits per heavy atom. The fourth-order valence-electron chi connectivity index (χ4n) is 1.34. The van der Waals surface area contributed by atoms with Gasteiger partial charge in [0.15, 0.2) is 11.4 Å². The molecule has 0 aromatic carbocycles. The van der Waals surface area contributed by atoms with E-state index in [1.807, 2.05) is 6.92 Å². The number of H-pyrrole nitrogens is 1. The number of hydrogen-bond donors (Lipinski definition) is 3. The second-order valence-electron chi connectivity index (χ2n) is 3.41. The number of rotatable bonds is 5. The number of hydrogen-bond acceptors (Lipinski definition) is 3. The molecular formula is C11H13N3O3. The highest BCUT2D eigenvalue weighted by atomic mass is 16.4. The predicted octanol–water partition coefficient (Wildman–Crippen LogP) is 0.640. The Morgan fingerprint density at radius 3 is 2.94 bits per heavy atom. The first kappa shape index (κ1) is 12.8. The van der Waals surface area contributed by atoms with Crippen molar-refractivity contribution in [1.82, 2.24) is 15.3 Å². The van der Waals surface area contributed by atoms with Crippen LogP contribution in [0.15, 0.2) is 6.33 Å². The highest BCUT2D eigenvalue weighted by Crippen LogP contribution is 2.04. The molecule has 0 aliphatic carbocycles. The van der Waals surface area contributed by atoms with Gasteiger partial charge in [0.2, 0.25) is 0 Å². The summed E-state index contributed by atoms with van der Waals surface area (Å²) in [6.07, 6.45) is 7.86. The highest BCUT2D eigenvalue weighted by molar-refractivity contribution is 6.02. The van der Waals surface area contributed by atoms with Crippen LogP contribution >= 0.6 is 0 Å². The van der Waals surface area contributed by atoms with Gasteiger partial charge in [-0.3, -0.25) is 4.79 Å². The molecule has 0 saturated heterocycles. The van der Waals surface area contributed by atoms with Crippen LogP contribution < -0.4 is 5.32 Å². The van der Waals surface area contributed by atoms with Gasteiger partial charge >= 0.3 is 5.97 Å². The number of carbonyl (C=O) groups excluding carboxylic acids is 1. The van der Waals surface area contributed by atoms with Crippen LogP contribution in [0.4, 0.5) is 0 Å². The molecule has 3 N–H and O–H groups in total. The summed E-state index contributed by atoms with van der Waals surface area (Å²) < 4.78 is 0. The van der Waals surface area contributed by atoms with E-state index in [0.717, 1.165) is 12.7 Å². The summed E-state index contributed by atoms with van der Waals surface area (Å²) in [6.45, 7) is 1.94. The van der Waals surface area contributed by atoms with Crippen LogP contribution in [0.2, 0.25) is 0 Å². The average molecular weight is 235 g/mol. The first-order valence-corrected chi connectivity index (χ1v) is 5.13. The molecule has 1 rings (SSSR count). The lowest BCUT2D eigenvalue weighted by Crippen LogP contribution is -2.34. The molecule has 1 amide bonds. The van der Waals surface area contributed by atoms with Crippen molar-refractivity contribution in [3.05, 3.63) is 17.7 Å². The Balaban J connectivity index is 2.80. The Labute approximate surface area is 98.4 Å². The van der Waals surface area contributed by atoms with Gasteiger partial charge in [-0.15, -0.1) is 6.42 Å². The molecule has 1 aromatic rings. The molecule has 0 saturated carbocycles. The van der Waals surface area contributed by atoms with E-state index in [0.29, 0.717) is 6.42 Å². The number of imidazole rings is 1. The number of carboxylic acids is 1. The van der Waals surface area contributed by atoms with Gasteiger partial charge in [-0.05, 0) is 6.42 Å².